The summed E-state index contributed by atoms with van der Waals surface area (Å²) >= 11 is 0. The highest BCUT2D eigenvalue weighted by Crippen LogP contribution is 2.18. The second-order valence-electron chi connectivity index (χ2n) is 3.68. The lowest BCUT2D eigenvalue weighted by Gasteiger charge is -2.10. The largest absolute Gasteiger partial charge is 0.478 e. The summed E-state index contributed by atoms with van der Waals surface area (Å²) in [6.45, 7) is 7.28. The molecule has 1 rings (SSSR count). The van der Waals surface area contributed by atoms with E-state index >= 15 is 0 Å². The molecule has 0 unspecified atom stereocenters. The van der Waals surface area contributed by atoms with Crippen molar-refractivity contribution in [1.29, 1.82) is 0 Å². The molecule has 0 saturated carbocycles. The minimum atomic E-state index is 0.316. The van der Waals surface area contributed by atoms with Crippen LogP contribution >= 0.6 is 0 Å². The average Bonchev–Trinajstić information content (AvgIpc) is 2.21. The van der Waals surface area contributed by atoms with E-state index < -0.39 is 0 Å². The van der Waals surface area contributed by atoms with Crippen molar-refractivity contribution in [2.45, 2.75) is 33.1 Å². The van der Waals surface area contributed by atoms with Gasteiger partial charge in [0.05, 0.1) is 6.61 Å². The summed E-state index contributed by atoms with van der Waals surface area (Å²) in [6, 6.07) is 0. The molecule has 0 aliphatic heterocycles. The Bertz CT molecular complexity index is 313. The van der Waals surface area contributed by atoms with E-state index in [1.165, 1.54) is 0 Å². The van der Waals surface area contributed by atoms with Crippen LogP contribution in [0.3, 0.4) is 0 Å². The van der Waals surface area contributed by atoms with E-state index in [-0.39, 0.29) is 0 Å². The van der Waals surface area contributed by atoms with E-state index in [1.54, 1.807) is 0 Å². The highest BCUT2D eigenvalue weighted by atomic mass is 16.5. The zero-order valence-corrected chi connectivity index (χ0v) is 9.66. The number of nitrogens with two attached hydrogens (primary N) is 1. The van der Waals surface area contributed by atoms with E-state index in [4.69, 9.17) is 10.5 Å². The first-order valence-electron chi connectivity index (χ1n) is 5.37. The Hall–Kier alpha value is -1.16. The van der Waals surface area contributed by atoms with Gasteiger partial charge >= 0.3 is 0 Å². The molecule has 0 radical (unpaired) electrons. The summed E-state index contributed by atoms with van der Waals surface area (Å²) in [6.07, 6.45) is 2.58. The van der Waals surface area contributed by atoms with Gasteiger partial charge in [0.25, 0.3) is 0 Å². The molecule has 1 aromatic heterocycles. The Balaban J connectivity index is 2.97. The number of rotatable bonds is 5. The standard InChI is InChI=1S/C11H19N3O/c1-4-15-11-9(5-6-12)7-13-10(14-11)8(2)3/h7-8H,4-6,12H2,1-3H3. The molecule has 0 aromatic carbocycles. The second kappa shape index (κ2) is 5.66. The molecular formula is C11H19N3O. The van der Waals surface area contributed by atoms with Crippen LogP contribution in [0.15, 0.2) is 6.20 Å². The van der Waals surface area contributed by atoms with Gasteiger partial charge in [-0.2, -0.15) is 4.98 Å². The summed E-state index contributed by atoms with van der Waals surface area (Å²) in [5, 5.41) is 0. The first-order valence-corrected chi connectivity index (χ1v) is 5.37. The molecule has 0 aliphatic carbocycles. The van der Waals surface area contributed by atoms with Crippen LogP contribution in [-0.4, -0.2) is 23.1 Å². The van der Waals surface area contributed by atoms with Crippen LogP contribution in [0.5, 0.6) is 5.88 Å². The van der Waals surface area contributed by atoms with E-state index in [1.807, 2.05) is 13.1 Å². The molecule has 0 amide bonds. The Labute approximate surface area is 90.9 Å². The molecule has 0 bridgehead atoms. The average molecular weight is 209 g/mol. The van der Waals surface area contributed by atoms with Gasteiger partial charge in [0.1, 0.15) is 5.82 Å². The molecule has 4 heteroatoms. The fraction of sp³-hybridized carbons (Fsp3) is 0.636. The Morgan fingerprint density at radius 2 is 2.20 bits per heavy atom. The normalized spacial score (nSPS) is 10.7. The molecule has 0 saturated heterocycles. The smallest absolute Gasteiger partial charge is 0.219 e. The minimum Gasteiger partial charge on any atom is -0.478 e. The van der Waals surface area contributed by atoms with Crippen LogP contribution in [0.1, 0.15) is 38.1 Å². The van der Waals surface area contributed by atoms with Gasteiger partial charge in [-0.3, -0.25) is 0 Å². The summed E-state index contributed by atoms with van der Waals surface area (Å²) in [4.78, 5) is 8.68. The number of hydrogen-bond donors (Lipinski definition) is 1. The number of aromatic nitrogens is 2. The topological polar surface area (TPSA) is 61.0 Å². The summed E-state index contributed by atoms with van der Waals surface area (Å²) in [5.74, 6) is 1.82. The third-order valence-electron chi connectivity index (χ3n) is 2.05. The van der Waals surface area contributed by atoms with Crippen molar-refractivity contribution in [3.8, 4) is 5.88 Å². The van der Waals surface area contributed by atoms with Gasteiger partial charge < -0.3 is 10.5 Å². The molecule has 0 fully saturated rings. The van der Waals surface area contributed by atoms with E-state index in [0.717, 1.165) is 17.8 Å². The van der Waals surface area contributed by atoms with E-state index in [0.29, 0.717) is 24.9 Å². The van der Waals surface area contributed by atoms with Crippen LogP contribution < -0.4 is 10.5 Å². The van der Waals surface area contributed by atoms with Crippen LogP contribution in [0.4, 0.5) is 0 Å². The molecule has 1 heterocycles. The molecule has 15 heavy (non-hydrogen) atoms. The molecule has 4 nitrogen and oxygen atoms in total. The third-order valence-corrected chi connectivity index (χ3v) is 2.05. The van der Waals surface area contributed by atoms with Crippen LogP contribution in [0.2, 0.25) is 0 Å². The van der Waals surface area contributed by atoms with Crippen molar-refractivity contribution in [3.63, 3.8) is 0 Å². The highest BCUT2D eigenvalue weighted by Gasteiger charge is 2.09. The van der Waals surface area contributed by atoms with Gasteiger partial charge in [-0.15, -0.1) is 0 Å². The van der Waals surface area contributed by atoms with Gasteiger partial charge in [-0.05, 0) is 19.9 Å². The first kappa shape index (κ1) is 11.9. The maximum Gasteiger partial charge on any atom is 0.219 e. The van der Waals surface area contributed by atoms with E-state index in [9.17, 15) is 0 Å². The molecule has 0 aliphatic rings. The van der Waals surface area contributed by atoms with Crippen molar-refractivity contribution in [3.05, 3.63) is 17.6 Å². The fourth-order valence-corrected chi connectivity index (χ4v) is 1.27. The van der Waals surface area contributed by atoms with Crippen LogP contribution in [0.25, 0.3) is 0 Å². The zero-order chi connectivity index (χ0) is 11.3. The minimum absolute atomic E-state index is 0.316. The quantitative estimate of drug-likeness (QED) is 0.798. The Kier molecular flexibility index (Phi) is 4.49. The predicted molar refractivity (Wildman–Crippen MR) is 60.0 cm³/mol. The second-order valence-corrected chi connectivity index (χ2v) is 3.68. The van der Waals surface area contributed by atoms with Crippen LogP contribution in [-0.2, 0) is 6.42 Å². The lowest BCUT2D eigenvalue weighted by Crippen LogP contribution is -2.09. The third kappa shape index (κ3) is 3.16. The lowest BCUT2D eigenvalue weighted by molar-refractivity contribution is 0.320. The lowest BCUT2D eigenvalue weighted by atomic mass is 10.2. The monoisotopic (exact) mass is 209 g/mol. The molecule has 0 spiro atoms. The van der Waals surface area contributed by atoms with Gasteiger partial charge in [0.15, 0.2) is 0 Å². The predicted octanol–water partition coefficient (Wildman–Crippen LogP) is 1.50. The van der Waals surface area contributed by atoms with Crippen molar-refractivity contribution in [2.24, 2.45) is 5.73 Å². The van der Waals surface area contributed by atoms with Crippen molar-refractivity contribution < 1.29 is 4.74 Å². The summed E-state index contributed by atoms with van der Waals surface area (Å²) in [5.41, 5.74) is 6.50. The molecule has 84 valence electrons. The Morgan fingerprint density at radius 1 is 1.47 bits per heavy atom. The number of nitrogens with zero attached hydrogens (tertiary/aromatic N) is 2. The SMILES string of the molecule is CCOc1nc(C(C)C)ncc1CCN. The molecule has 2 N–H and O–H groups in total. The van der Waals surface area contributed by atoms with Crippen molar-refractivity contribution >= 4 is 0 Å². The van der Waals surface area contributed by atoms with Crippen molar-refractivity contribution in [2.75, 3.05) is 13.2 Å². The van der Waals surface area contributed by atoms with Gasteiger partial charge in [-0.25, -0.2) is 4.98 Å². The number of hydrogen-bond acceptors (Lipinski definition) is 4. The molecular weight excluding hydrogens is 190 g/mol. The summed E-state index contributed by atoms with van der Waals surface area (Å²) in [7, 11) is 0. The number of ether oxygens (including phenoxy) is 1. The van der Waals surface area contributed by atoms with E-state index in [2.05, 4.69) is 23.8 Å². The van der Waals surface area contributed by atoms with Gasteiger partial charge in [0, 0.05) is 17.7 Å². The molecule has 0 atom stereocenters. The van der Waals surface area contributed by atoms with Crippen LogP contribution in [0, 0.1) is 0 Å². The van der Waals surface area contributed by atoms with Gasteiger partial charge in [-0.1, -0.05) is 13.8 Å². The maximum atomic E-state index is 5.51. The summed E-state index contributed by atoms with van der Waals surface area (Å²) < 4.78 is 5.47. The fourth-order valence-electron chi connectivity index (χ4n) is 1.27. The zero-order valence-electron chi connectivity index (χ0n) is 9.66. The highest BCUT2D eigenvalue weighted by molar-refractivity contribution is 5.24. The Morgan fingerprint density at radius 3 is 2.73 bits per heavy atom. The van der Waals surface area contributed by atoms with Gasteiger partial charge in [0.2, 0.25) is 5.88 Å². The molecule has 1 aromatic rings. The maximum absolute atomic E-state index is 5.51. The van der Waals surface area contributed by atoms with Crippen molar-refractivity contribution in [1.82, 2.24) is 9.97 Å². The first-order chi connectivity index (χ1) is 7.19.